The highest BCUT2D eigenvalue weighted by atomic mass is 16.5. The van der Waals surface area contributed by atoms with Crippen LogP contribution < -0.4 is 10.1 Å². The molecule has 3 aliphatic rings. The van der Waals surface area contributed by atoms with Gasteiger partial charge >= 0.3 is 0 Å². The minimum Gasteiger partial charge on any atom is -0.457 e. The number of ether oxygens (including phenoxy) is 1. The summed E-state index contributed by atoms with van der Waals surface area (Å²) in [6, 6.07) is 21.2. The maximum Gasteiger partial charge on any atom is 0.287 e. The molecule has 2 aromatic carbocycles. The van der Waals surface area contributed by atoms with Crippen LogP contribution in [0.2, 0.25) is 0 Å². The molecule has 5 nitrogen and oxygen atoms in total. The van der Waals surface area contributed by atoms with Gasteiger partial charge in [-0.1, -0.05) is 30.3 Å². The van der Waals surface area contributed by atoms with Gasteiger partial charge in [-0.25, -0.2) is 0 Å². The van der Waals surface area contributed by atoms with Crippen LogP contribution in [0.5, 0.6) is 11.5 Å². The summed E-state index contributed by atoms with van der Waals surface area (Å²) >= 11 is 0. The van der Waals surface area contributed by atoms with Gasteiger partial charge in [0.05, 0.1) is 0 Å². The molecule has 0 radical (unpaired) electrons. The van der Waals surface area contributed by atoms with Crippen molar-refractivity contribution >= 4 is 5.91 Å². The van der Waals surface area contributed by atoms with Gasteiger partial charge in [-0.2, -0.15) is 0 Å². The lowest BCUT2D eigenvalue weighted by Crippen LogP contribution is -2.57. The second-order valence-corrected chi connectivity index (χ2v) is 7.82. The molecular formula is C24H24N2O3. The quantitative estimate of drug-likeness (QED) is 0.696. The molecule has 1 unspecified atom stereocenters. The third-order valence-electron chi connectivity index (χ3n) is 5.90. The number of fused-ring (bicyclic) bond motifs is 3. The number of benzene rings is 2. The largest absolute Gasteiger partial charge is 0.457 e. The van der Waals surface area contributed by atoms with Crippen LogP contribution in [0.25, 0.3) is 11.3 Å². The number of rotatable bonds is 5. The molecular weight excluding hydrogens is 364 g/mol. The van der Waals surface area contributed by atoms with Crippen LogP contribution in [-0.2, 0) is 0 Å². The average Bonchev–Trinajstić information content (AvgIpc) is 3.26. The molecule has 3 aromatic rings. The van der Waals surface area contributed by atoms with Gasteiger partial charge in [-0.05, 0) is 68.2 Å². The molecule has 0 saturated carbocycles. The summed E-state index contributed by atoms with van der Waals surface area (Å²) in [4.78, 5) is 15.1. The lowest BCUT2D eigenvalue weighted by atomic mass is 9.84. The predicted octanol–water partition coefficient (Wildman–Crippen LogP) is 4.56. The fourth-order valence-corrected chi connectivity index (χ4v) is 4.32. The van der Waals surface area contributed by atoms with E-state index >= 15 is 0 Å². The Morgan fingerprint density at radius 1 is 0.966 bits per heavy atom. The molecule has 6 rings (SSSR count). The van der Waals surface area contributed by atoms with Crippen LogP contribution in [0.15, 0.2) is 71.1 Å². The molecule has 29 heavy (non-hydrogen) atoms. The maximum absolute atomic E-state index is 12.7. The van der Waals surface area contributed by atoms with Crippen LogP contribution in [0, 0.1) is 5.92 Å². The van der Waals surface area contributed by atoms with Crippen molar-refractivity contribution in [2.24, 2.45) is 5.92 Å². The number of para-hydroxylation sites is 1. The van der Waals surface area contributed by atoms with Gasteiger partial charge in [0.15, 0.2) is 5.76 Å². The number of piperidine rings is 3. The highest BCUT2D eigenvalue weighted by molar-refractivity contribution is 5.92. The van der Waals surface area contributed by atoms with Gasteiger partial charge in [0.2, 0.25) is 0 Å². The van der Waals surface area contributed by atoms with Gasteiger partial charge in [-0.3, -0.25) is 4.79 Å². The molecule has 3 fully saturated rings. The Bertz CT molecular complexity index is 990. The molecule has 1 amide bonds. The standard InChI is InChI=1S/C24H24N2O3/c27-24(25-21-16-26-13-11-17(21)12-14-26)23-10-9-22(29-23)18-5-4-8-20(15-18)28-19-6-2-1-3-7-19/h1-10,15,17,21H,11-14,16H2,(H,25,27). The number of carbonyl (C=O) groups is 1. The van der Waals surface area contributed by atoms with E-state index < -0.39 is 0 Å². The second kappa shape index (κ2) is 7.76. The molecule has 3 aliphatic heterocycles. The molecule has 0 spiro atoms. The summed E-state index contributed by atoms with van der Waals surface area (Å²) in [5.41, 5.74) is 0.875. The summed E-state index contributed by atoms with van der Waals surface area (Å²) in [6.07, 6.45) is 2.34. The first-order valence-corrected chi connectivity index (χ1v) is 10.2. The molecule has 1 aromatic heterocycles. The minimum absolute atomic E-state index is 0.133. The van der Waals surface area contributed by atoms with Gasteiger partial charge in [0.1, 0.15) is 17.3 Å². The van der Waals surface area contributed by atoms with E-state index in [2.05, 4.69) is 10.2 Å². The summed E-state index contributed by atoms with van der Waals surface area (Å²) in [5, 5.41) is 3.18. The van der Waals surface area contributed by atoms with E-state index in [4.69, 9.17) is 9.15 Å². The normalized spacial score (nSPS) is 23.0. The Hall–Kier alpha value is -3.05. The number of nitrogens with one attached hydrogen (secondary N) is 1. The number of amides is 1. The van der Waals surface area contributed by atoms with Crippen LogP contribution in [0.1, 0.15) is 23.4 Å². The van der Waals surface area contributed by atoms with Crippen LogP contribution >= 0.6 is 0 Å². The molecule has 2 bridgehead atoms. The van der Waals surface area contributed by atoms with Crippen molar-refractivity contribution in [2.45, 2.75) is 18.9 Å². The van der Waals surface area contributed by atoms with Crippen molar-refractivity contribution in [1.29, 1.82) is 0 Å². The topological polar surface area (TPSA) is 54.7 Å². The molecule has 1 atom stereocenters. The van der Waals surface area contributed by atoms with Crippen molar-refractivity contribution < 1.29 is 13.9 Å². The number of nitrogens with zero attached hydrogens (tertiary/aromatic N) is 1. The zero-order valence-electron chi connectivity index (χ0n) is 16.2. The molecule has 4 heterocycles. The van der Waals surface area contributed by atoms with Crippen molar-refractivity contribution in [3.63, 3.8) is 0 Å². The Kier molecular flexibility index (Phi) is 4.82. The van der Waals surface area contributed by atoms with Gasteiger partial charge in [0, 0.05) is 18.2 Å². The fourth-order valence-electron chi connectivity index (χ4n) is 4.32. The monoisotopic (exact) mass is 388 g/mol. The van der Waals surface area contributed by atoms with E-state index in [9.17, 15) is 4.79 Å². The summed E-state index contributed by atoms with van der Waals surface area (Å²) in [7, 11) is 0. The zero-order chi connectivity index (χ0) is 19.6. The highest BCUT2D eigenvalue weighted by Crippen LogP contribution is 2.30. The summed E-state index contributed by atoms with van der Waals surface area (Å²) in [5.74, 6) is 2.97. The first-order valence-electron chi connectivity index (χ1n) is 10.2. The maximum atomic E-state index is 12.7. The van der Waals surface area contributed by atoms with E-state index in [0.717, 1.165) is 36.7 Å². The number of hydrogen-bond acceptors (Lipinski definition) is 4. The van der Waals surface area contributed by atoms with E-state index in [1.807, 2.05) is 60.7 Å². The summed E-state index contributed by atoms with van der Waals surface area (Å²) in [6.45, 7) is 3.26. The Morgan fingerprint density at radius 3 is 2.52 bits per heavy atom. The first-order chi connectivity index (χ1) is 14.2. The Labute approximate surface area is 170 Å². The van der Waals surface area contributed by atoms with Crippen LogP contribution in [0.4, 0.5) is 0 Å². The molecule has 5 heteroatoms. The predicted molar refractivity (Wildman–Crippen MR) is 111 cm³/mol. The van der Waals surface area contributed by atoms with Crippen molar-refractivity contribution in [3.8, 4) is 22.8 Å². The van der Waals surface area contributed by atoms with E-state index in [0.29, 0.717) is 17.4 Å². The number of hydrogen-bond donors (Lipinski definition) is 1. The van der Waals surface area contributed by atoms with Gasteiger partial charge in [0.25, 0.3) is 5.91 Å². The van der Waals surface area contributed by atoms with E-state index in [1.165, 1.54) is 12.8 Å². The Balaban J connectivity index is 1.28. The molecule has 3 saturated heterocycles. The lowest BCUT2D eigenvalue weighted by molar-refractivity contribution is 0.0606. The van der Waals surface area contributed by atoms with Crippen molar-refractivity contribution in [3.05, 3.63) is 72.5 Å². The third kappa shape index (κ3) is 3.91. The second-order valence-electron chi connectivity index (χ2n) is 7.82. The van der Waals surface area contributed by atoms with Crippen LogP contribution in [0.3, 0.4) is 0 Å². The van der Waals surface area contributed by atoms with Crippen molar-refractivity contribution in [1.82, 2.24) is 10.2 Å². The average molecular weight is 388 g/mol. The molecule has 0 aliphatic carbocycles. The van der Waals surface area contributed by atoms with E-state index in [1.54, 1.807) is 6.07 Å². The SMILES string of the molecule is O=C(NC1CN2CCC1CC2)c1ccc(-c2cccc(Oc3ccccc3)c2)o1. The van der Waals surface area contributed by atoms with Gasteiger partial charge in [-0.15, -0.1) is 0 Å². The summed E-state index contributed by atoms with van der Waals surface area (Å²) < 4.78 is 11.8. The molecule has 1 N–H and O–H groups in total. The molecule has 148 valence electrons. The van der Waals surface area contributed by atoms with E-state index in [-0.39, 0.29) is 11.9 Å². The highest BCUT2D eigenvalue weighted by Gasteiger charge is 2.35. The zero-order valence-corrected chi connectivity index (χ0v) is 16.2. The number of furan rings is 1. The Morgan fingerprint density at radius 2 is 1.76 bits per heavy atom. The van der Waals surface area contributed by atoms with Crippen LogP contribution in [-0.4, -0.2) is 36.5 Å². The third-order valence-corrected chi connectivity index (χ3v) is 5.90. The van der Waals surface area contributed by atoms with Gasteiger partial charge < -0.3 is 19.4 Å². The smallest absolute Gasteiger partial charge is 0.287 e. The lowest BCUT2D eigenvalue weighted by Gasteiger charge is -2.44. The minimum atomic E-state index is -0.133. The van der Waals surface area contributed by atoms with Crippen molar-refractivity contribution in [2.75, 3.05) is 19.6 Å². The first kappa shape index (κ1) is 18.0. The number of carbonyl (C=O) groups excluding carboxylic acids is 1. The fraction of sp³-hybridized carbons (Fsp3) is 0.292.